The summed E-state index contributed by atoms with van der Waals surface area (Å²) in [4.78, 5) is 20.6. The lowest BCUT2D eigenvalue weighted by molar-refractivity contribution is 0.237. The molecule has 0 aromatic carbocycles. The molecule has 150 valence electrons. The minimum absolute atomic E-state index is 0.621. The van der Waals surface area contributed by atoms with Crippen molar-refractivity contribution in [2.75, 3.05) is 44.6 Å². The Labute approximate surface area is 171 Å². The summed E-state index contributed by atoms with van der Waals surface area (Å²) in [6.45, 7) is 6.56. The van der Waals surface area contributed by atoms with E-state index in [-0.39, 0.29) is 0 Å². The standard InChI is InChI=1S/C22H27N7/c1-2-9-25-19(7-1)22-27-20(18-6-5-8-24-17-18)16-21(28-22)26-10-3-4-13-29-14-11-23-12-15-29/h1-2,5-9,16-17,23H,3-4,10-15H2,(H,26,27,28). The van der Waals surface area contributed by atoms with Crippen molar-refractivity contribution in [3.05, 3.63) is 55.0 Å². The van der Waals surface area contributed by atoms with Gasteiger partial charge in [-0.15, -0.1) is 0 Å². The summed E-state index contributed by atoms with van der Waals surface area (Å²) in [5.41, 5.74) is 2.57. The highest BCUT2D eigenvalue weighted by molar-refractivity contribution is 5.65. The second kappa shape index (κ2) is 10.0. The van der Waals surface area contributed by atoms with Crippen LogP contribution < -0.4 is 10.6 Å². The maximum Gasteiger partial charge on any atom is 0.180 e. The maximum absolute atomic E-state index is 4.71. The van der Waals surface area contributed by atoms with Gasteiger partial charge in [0.05, 0.1) is 5.69 Å². The van der Waals surface area contributed by atoms with E-state index >= 15 is 0 Å². The Kier molecular flexibility index (Phi) is 6.72. The molecule has 0 unspecified atom stereocenters. The first kappa shape index (κ1) is 19.4. The number of hydrogen-bond donors (Lipinski definition) is 2. The molecule has 0 saturated carbocycles. The Bertz CT molecular complexity index is 822. The van der Waals surface area contributed by atoms with Gasteiger partial charge in [0.25, 0.3) is 0 Å². The average molecular weight is 390 g/mol. The molecule has 7 heteroatoms. The predicted molar refractivity (Wildman–Crippen MR) is 116 cm³/mol. The number of unbranched alkanes of at least 4 members (excludes halogenated alkanes) is 1. The molecule has 0 spiro atoms. The van der Waals surface area contributed by atoms with Gasteiger partial charge in [-0.1, -0.05) is 6.07 Å². The predicted octanol–water partition coefficient (Wildman–Crippen LogP) is 2.70. The highest BCUT2D eigenvalue weighted by Crippen LogP contribution is 2.22. The number of rotatable bonds is 8. The van der Waals surface area contributed by atoms with Crippen molar-refractivity contribution in [3.8, 4) is 22.8 Å². The van der Waals surface area contributed by atoms with Gasteiger partial charge in [0.2, 0.25) is 0 Å². The largest absolute Gasteiger partial charge is 0.370 e. The van der Waals surface area contributed by atoms with Crippen molar-refractivity contribution in [1.29, 1.82) is 0 Å². The number of anilines is 1. The Morgan fingerprint density at radius 2 is 1.90 bits per heavy atom. The lowest BCUT2D eigenvalue weighted by Crippen LogP contribution is -2.43. The van der Waals surface area contributed by atoms with Crippen LogP contribution in [0.15, 0.2) is 55.0 Å². The van der Waals surface area contributed by atoms with E-state index < -0.39 is 0 Å². The third-order valence-corrected chi connectivity index (χ3v) is 4.99. The van der Waals surface area contributed by atoms with Gasteiger partial charge in [-0.2, -0.15) is 0 Å². The number of nitrogens with one attached hydrogen (secondary N) is 2. The molecule has 7 nitrogen and oxygen atoms in total. The summed E-state index contributed by atoms with van der Waals surface area (Å²) in [5.74, 6) is 1.44. The average Bonchev–Trinajstić information content (AvgIpc) is 2.80. The fourth-order valence-electron chi connectivity index (χ4n) is 3.42. The molecule has 4 heterocycles. The first-order valence-electron chi connectivity index (χ1n) is 10.3. The van der Waals surface area contributed by atoms with E-state index in [1.54, 1.807) is 12.4 Å². The SMILES string of the molecule is c1ccc(-c2nc(NCCCCN3CCNCC3)cc(-c3cccnc3)n2)nc1. The molecular formula is C22H27N7. The normalized spacial score (nSPS) is 14.6. The summed E-state index contributed by atoms with van der Waals surface area (Å²) in [6, 6.07) is 11.7. The molecule has 0 aliphatic carbocycles. The van der Waals surface area contributed by atoms with Gasteiger partial charge in [-0.05, 0) is 43.7 Å². The number of nitrogens with zero attached hydrogens (tertiary/aromatic N) is 5. The number of pyridine rings is 2. The van der Waals surface area contributed by atoms with Crippen LogP contribution in [0.3, 0.4) is 0 Å². The first-order valence-corrected chi connectivity index (χ1v) is 10.3. The molecule has 3 aromatic rings. The van der Waals surface area contributed by atoms with E-state index in [9.17, 15) is 0 Å². The molecule has 2 N–H and O–H groups in total. The van der Waals surface area contributed by atoms with Gasteiger partial charge < -0.3 is 15.5 Å². The summed E-state index contributed by atoms with van der Waals surface area (Å²) < 4.78 is 0. The molecule has 0 atom stereocenters. The van der Waals surface area contributed by atoms with Crippen LogP contribution >= 0.6 is 0 Å². The summed E-state index contributed by atoms with van der Waals surface area (Å²) in [7, 11) is 0. The molecule has 0 amide bonds. The molecule has 29 heavy (non-hydrogen) atoms. The number of piperazine rings is 1. The smallest absolute Gasteiger partial charge is 0.180 e. The van der Waals surface area contributed by atoms with Gasteiger partial charge in [-0.3, -0.25) is 9.97 Å². The van der Waals surface area contributed by atoms with E-state index in [1.807, 2.05) is 42.6 Å². The molecule has 1 fully saturated rings. The topological polar surface area (TPSA) is 78.9 Å². The van der Waals surface area contributed by atoms with Crippen LogP contribution in [0.25, 0.3) is 22.8 Å². The molecule has 0 bridgehead atoms. The van der Waals surface area contributed by atoms with Crippen molar-refractivity contribution in [2.24, 2.45) is 0 Å². The van der Waals surface area contributed by atoms with Gasteiger partial charge in [0.1, 0.15) is 11.5 Å². The third kappa shape index (κ3) is 5.56. The maximum atomic E-state index is 4.71. The van der Waals surface area contributed by atoms with Crippen LogP contribution in [0.4, 0.5) is 5.82 Å². The van der Waals surface area contributed by atoms with Crippen molar-refractivity contribution in [1.82, 2.24) is 30.2 Å². The summed E-state index contributed by atoms with van der Waals surface area (Å²) in [5, 5.41) is 6.87. The van der Waals surface area contributed by atoms with E-state index in [0.29, 0.717) is 5.82 Å². The molecule has 1 saturated heterocycles. The Balaban J connectivity index is 1.42. The second-order valence-corrected chi connectivity index (χ2v) is 7.14. The highest BCUT2D eigenvalue weighted by Gasteiger charge is 2.10. The molecule has 0 radical (unpaired) electrons. The molecule has 1 aliphatic rings. The quantitative estimate of drug-likeness (QED) is 0.574. The van der Waals surface area contributed by atoms with Crippen molar-refractivity contribution in [3.63, 3.8) is 0 Å². The fourth-order valence-corrected chi connectivity index (χ4v) is 3.42. The number of hydrogen-bond acceptors (Lipinski definition) is 7. The zero-order chi connectivity index (χ0) is 19.7. The highest BCUT2D eigenvalue weighted by atomic mass is 15.2. The third-order valence-electron chi connectivity index (χ3n) is 4.99. The first-order chi connectivity index (χ1) is 14.4. The summed E-state index contributed by atoms with van der Waals surface area (Å²) in [6.07, 6.45) is 7.64. The van der Waals surface area contributed by atoms with Crippen LogP contribution in [0.5, 0.6) is 0 Å². The van der Waals surface area contributed by atoms with Crippen LogP contribution in [0, 0.1) is 0 Å². The van der Waals surface area contributed by atoms with E-state index in [0.717, 1.165) is 68.5 Å². The molecule has 4 rings (SSSR count). The van der Waals surface area contributed by atoms with Gasteiger partial charge in [0.15, 0.2) is 5.82 Å². The molecule has 3 aromatic heterocycles. The molecule has 1 aliphatic heterocycles. The summed E-state index contributed by atoms with van der Waals surface area (Å²) >= 11 is 0. The minimum Gasteiger partial charge on any atom is -0.370 e. The van der Waals surface area contributed by atoms with E-state index in [4.69, 9.17) is 9.97 Å². The van der Waals surface area contributed by atoms with Crippen LogP contribution in [0.2, 0.25) is 0 Å². The fraction of sp³-hybridized carbons (Fsp3) is 0.364. The van der Waals surface area contributed by atoms with Crippen LogP contribution in [0.1, 0.15) is 12.8 Å². The van der Waals surface area contributed by atoms with Gasteiger partial charge in [-0.25, -0.2) is 9.97 Å². The van der Waals surface area contributed by atoms with Gasteiger partial charge >= 0.3 is 0 Å². The zero-order valence-electron chi connectivity index (χ0n) is 16.6. The van der Waals surface area contributed by atoms with Crippen molar-refractivity contribution >= 4 is 5.82 Å². The Morgan fingerprint density at radius 3 is 2.69 bits per heavy atom. The second-order valence-electron chi connectivity index (χ2n) is 7.14. The minimum atomic E-state index is 0.621. The lowest BCUT2D eigenvalue weighted by Gasteiger charge is -2.27. The van der Waals surface area contributed by atoms with Crippen molar-refractivity contribution < 1.29 is 0 Å². The van der Waals surface area contributed by atoms with Crippen LogP contribution in [-0.2, 0) is 0 Å². The van der Waals surface area contributed by atoms with Crippen molar-refractivity contribution in [2.45, 2.75) is 12.8 Å². The Morgan fingerprint density at radius 1 is 0.966 bits per heavy atom. The monoisotopic (exact) mass is 389 g/mol. The lowest BCUT2D eigenvalue weighted by atomic mass is 10.2. The molecular weight excluding hydrogens is 362 g/mol. The zero-order valence-corrected chi connectivity index (χ0v) is 16.6. The van der Waals surface area contributed by atoms with Gasteiger partial charge in [0, 0.05) is 62.9 Å². The number of aromatic nitrogens is 4. The van der Waals surface area contributed by atoms with E-state index in [2.05, 4.69) is 25.5 Å². The van der Waals surface area contributed by atoms with Crippen LogP contribution in [-0.4, -0.2) is 64.1 Å². The van der Waals surface area contributed by atoms with E-state index in [1.165, 1.54) is 6.42 Å². The Hall–Kier alpha value is -2.90.